The minimum atomic E-state index is -3.50. The van der Waals surface area contributed by atoms with E-state index in [0.717, 1.165) is 16.3 Å². The van der Waals surface area contributed by atoms with E-state index in [0.29, 0.717) is 37.4 Å². The molecule has 0 saturated carbocycles. The molecule has 1 aliphatic heterocycles. The van der Waals surface area contributed by atoms with E-state index >= 15 is 0 Å². The molecule has 0 atom stereocenters. The van der Waals surface area contributed by atoms with Crippen LogP contribution in [0.15, 0.2) is 65.1 Å². The molecule has 3 aromatic rings. The molecule has 1 N–H and O–H groups in total. The van der Waals surface area contributed by atoms with Gasteiger partial charge < -0.3 is 5.32 Å². The third kappa shape index (κ3) is 4.58. The van der Waals surface area contributed by atoms with E-state index < -0.39 is 10.0 Å². The molecule has 1 saturated heterocycles. The molecule has 7 nitrogen and oxygen atoms in total. The van der Waals surface area contributed by atoms with Gasteiger partial charge in [-0.2, -0.15) is 4.31 Å². The number of benzene rings is 1. The van der Waals surface area contributed by atoms with Crippen molar-refractivity contribution in [1.82, 2.24) is 19.6 Å². The fourth-order valence-electron chi connectivity index (χ4n) is 3.45. The van der Waals surface area contributed by atoms with Crippen molar-refractivity contribution in [2.45, 2.75) is 24.3 Å². The maximum absolute atomic E-state index is 12.7. The lowest BCUT2D eigenvalue weighted by atomic mass is 9.97. The van der Waals surface area contributed by atoms with Crippen molar-refractivity contribution in [1.29, 1.82) is 0 Å². The zero-order valence-electron chi connectivity index (χ0n) is 16.3. The van der Waals surface area contributed by atoms with Crippen molar-refractivity contribution in [2.24, 2.45) is 5.92 Å². The fourth-order valence-corrected chi connectivity index (χ4v) is 5.69. The molecule has 1 aromatic carbocycles. The molecular formula is C21H22N4O3S2. The minimum Gasteiger partial charge on any atom is -0.349 e. The van der Waals surface area contributed by atoms with Crippen LogP contribution in [-0.4, -0.2) is 41.7 Å². The Labute approximate surface area is 179 Å². The first kappa shape index (κ1) is 20.6. The molecule has 156 valence electrons. The molecule has 4 rings (SSSR count). The third-order valence-electron chi connectivity index (χ3n) is 5.15. The van der Waals surface area contributed by atoms with Gasteiger partial charge in [-0.05, 0) is 37.1 Å². The standard InChI is InChI=1S/C21H22N4O3S2/c26-21(23-14-20-24-19(15-29-20)16-6-10-22-11-7-16)17-8-12-25(13-9-17)30(27,28)18-4-2-1-3-5-18/h1-7,10-11,15,17H,8-9,12-14H2,(H,23,26). The first-order valence-electron chi connectivity index (χ1n) is 9.72. The number of rotatable bonds is 6. The van der Waals surface area contributed by atoms with E-state index in [2.05, 4.69) is 15.3 Å². The number of hydrogen-bond donors (Lipinski definition) is 1. The van der Waals surface area contributed by atoms with Gasteiger partial charge in [0, 0.05) is 42.3 Å². The average Bonchev–Trinajstić information content (AvgIpc) is 3.28. The number of nitrogens with one attached hydrogen (secondary N) is 1. The van der Waals surface area contributed by atoms with Gasteiger partial charge in [0.2, 0.25) is 15.9 Å². The van der Waals surface area contributed by atoms with Crippen molar-refractivity contribution < 1.29 is 13.2 Å². The lowest BCUT2D eigenvalue weighted by molar-refractivity contribution is -0.126. The second-order valence-corrected chi connectivity index (χ2v) is 9.95. The van der Waals surface area contributed by atoms with E-state index in [-0.39, 0.29) is 11.8 Å². The van der Waals surface area contributed by atoms with Crippen LogP contribution in [0.5, 0.6) is 0 Å². The summed E-state index contributed by atoms with van der Waals surface area (Å²) in [4.78, 5) is 21.4. The van der Waals surface area contributed by atoms with E-state index in [1.807, 2.05) is 17.5 Å². The zero-order valence-corrected chi connectivity index (χ0v) is 17.9. The van der Waals surface area contributed by atoms with Crippen molar-refractivity contribution in [3.8, 4) is 11.3 Å². The zero-order chi connectivity index (χ0) is 21.0. The Morgan fingerprint density at radius 3 is 2.50 bits per heavy atom. The summed E-state index contributed by atoms with van der Waals surface area (Å²) in [6.07, 6.45) is 4.47. The summed E-state index contributed by atoms with van der Waals surface area (Å²) in [6.45, 7) is 1.06. The molecule has 1 amide bonds. The van der Waals surface area contributed by atoms with Gasteiger partial charge in [-0.25, -0.2) is 13.4 Å². The van der Waals surface area contributed by atoms with Gasteiger partial charge in [-0.15, -0.1) is 11.3 Å². The second kappa shape index (κ2) is 9.03. The van der Waals surface area contributed by atoms with E-state index in [1.165, 1.54) is 15.6 Å². The molecule has 30 heavy (non-hydrogen) atoms. The molecule has 1 aliphatic rings. The summed E-state index contributed by atoms with van der Waals surface area (Å²) >= 11 is 1.50. The third-order valence-corrected chi connectivity index (χ3v) is 7.91. The summed E-state index contributed by atoms with van der Waals surface area (Å²) in [6, 6.07) is 12.2. The highest BCUT2D eigenvalue weighted by Crippen LogP contribution is 2.24. The predicted molar refractivity (Wildman–Crippen MR) is 115 cm³/mol. The van der Waals surface area contributed by atoms with E-state index in [1.54, 1.807) is 42.7 Å². The quantitative estimate of drug-likeness (QED) is 0.634. The highest BCUT2D eigenvalue weighted by molar-refractivity contribution is 7.89. The normalized spacial score (nSPS) is 15.7. The second-order valence-electron chi connectivity index (χ2n) is 7.07. The van der Waals surface area contributed by atoms with Crippen molar-refractivity contribution in [3.05, 3.63) is 65.2 Å². The molecule has 0 radical (unpaired) electrons. The number of hydrogen-bond acceptors (Lipinski definition) is 6. The fraction of sp³-hybridized carbons (Fsp3) is 0.286. The number of sulfonamides is 1. The highest BCUT2D eigenvalue weighted by atomic mass is 32.2. The van der Waals surface area contributed by atoms with Crippen LogP contribution in [0.1, 0.15) is 17.8 Å². The number of piperidine rings is 1. The molecule has 9 heteroatoms. The van der Waals surface area contributed by atoms with Crippen LogP contribution in [0, 0.1) is 5.92 Å². The lowest BCUT2D eigenvalue weighted by Gasteiger charge is -2.30. The minimum absolute atomic E-state index is 0.0487. The summed E-state index contributed by atoms with van der Waals surface area (Å²) in [5, 5.41) is 5.74. The maximum atomic E-state index is 12.7. The number of amides is 1. The smallest absolute Gasteiger partial charge is 0.243 e. The van der Waals surface area contributed by atoms with Gasteiger partial charge in [0.05, 0.1) is 17.1 Å². The maximum Gasteiger partial charge on any atom is 0.243 e. The monoisotopic (exact) mass is 442 g/mol. The first-order chi connectivity index (χ1) is 14.5. The Morgan fingerprint density at radius 2 is 1.80 bits per heavy atom. The van der Waals surface area contributed by atoms with Gasteiger partial charge in [-0.3, -0.25) is 9.78 Å². The highest BCUT2D eigenvalue weighted by Gasteiger charge is 2.31. The molecule has 3 heterocycles. The number of carbonyl (C=O) groups is 1. The summed E-state index contributed by atoms with van der Waals surface area (Å²) in [5.74, 6) is -0.237. The van der Waals surface area contributed by atoms with Crippen LogP contribution in [0.2, 0.25) is 0 Å². The SMILES string of the molecule is O=C(NCc1nc(-c2ccncc2)cs1)C1CCN(S(=O)(=O)c2ccccc2)CC1. The Bertz CT molecular complexity index is 1090. The first-order valence-corrected chi connectivity index (χ1v) is 12.0. The van der Waals surface area contributed by atoms with Gasteiger partial charge in [0.1, 0.15) is 5.01 Å². The Balaban J connectivity index is 1.29. The molecule has 2 aromatic heterocycles. The van der Waals surface area contributed by atoms with Crippen LogP contribution in [0.25, 0.3) is 11.3 Å². The van der Waals surface area contributed by atoms with Crippen LogP contribution in [0.3, 0.4) is 0 Å². The van der Waals surface area contributed by atoms with Crippen LogP contribution < -0.4 is 5.32 Å². The van der Waals surface area contributed by atoms with E-state index in [4.69, 9.17) is 0 Å². The predicted octanol–water partition coefficient (Wildman–Crippen LogP) is 2.92. The molecule has 1 fully saturated rings. The number of thiazole rings is 1. The van der Waals surface area contributed by atoms with Gasteiger partial charge >= 0.3 is 0 Å². The Morgan fingerprint density at radius 1 is 1.10 bits per heavy atom. The lowest BCUT2D eigenvalue weighted by Crippen LogP contribution is -2.42. The van der Waals surface area contributed by atoms with Crippen molar-refractivity contribution >= 4 is 27.3 Å². The summed E-state index contributed by atoms with van der Waals surface area (Å²) in [5.41, 5.74) is 1.86. The van der Waals surface area contributed by atoms with Crippen molar-refractivity contribution in [3.63, 3.8) is 0 Å². The molecular weight excluding hydrogens is 420 g/mol. The largest absolute Gasteiger partial charge is 0.349 e. The van der Waals surface area contributed by atoms with Crippen LogP contribution >= 0.6 is 11.3 Å². The number of carbonyl (C=O) groups excluding carboxylic acids is 1. The Hall–Kier alpha value is -2.62. The summed E-state index contributed by atoms with van der Waals surface area (Å²) in [7, 11) is -3.50. The van der Waals surface area contributed by atoms with Gasteiger partial charge in [0.15, 0.2) is 0 Å². The van der Waals surface area contributed by atoms with Gasteiger partial charge in [-0.1, -0.05) is 18.2 Å². The van der Waals surface area contributed by atoms with E-state index in [9.17, 15) is 13.2 Å². The average molecular weight is 443 g/mol. The molecule has 0 bridgehead atoms. The molecule has 0 spiro atoms. The molecule has 0 aliphatic carbocycles. The van der Waals surface area contributed by atoms with Gasteiger partial charge in [0.25, 0.3) is 0 Å². The van der Waals surface area contributed by atoms with Crippen molar-refractivity contribution in [2.75, 3.05) is 13.1 Å². The number of nitrogens with zero attached hydrogens (tertiary/aromatic N) is 3. The number of aromatic nitrogens is 2. The topological polar surface area (TPSA) is 92.3 Å². The molecule has 0 unspecified atom stereocenters. The summed E-state index contributed by atoms with van der Waals surface area (Å²) < 4.78 is 26.9. The Kier molecular flexibility index (Phi) is 6.21. The van der Waals surface area contributed by atoms with Crippen LogP contribution in [-0.2, 0) is 21.4 Å². The number of pyridine rings is 1. The van der Waals surface area contributed by atoms with Crippen LogP contribution in [0.4, 0.5) is 0 Å².